The number of amides is 1. The maximum absolute atomic E-state index is 12.3. The molecule has 112 valence electrons. The topological polar surface area (TPSA) is 79.1 Å². The first-order chi connectivity index (χ1) is 10.7. The summed E-state index contributed by atoms with van der Waals surface area (Å²) in [6.45, 7) is 5.15. The highest BCUT2D eigenvalue weighted by Crippen LogP contribution is 2.22. The largest absolute Gasteiger partial charge is 0.436 e. The molecular weight excluding hydrogens is 280 g/mol. The highest BCUT2D eigenvalue weighted by Gasteiger charge is 2.14. The summed E-state index contributed by atoms with van der Waals surface area (Å²) in [5, 5.41) is 8.98. The van der Waals surface area contributed by atoms with Crippen LogP contribution in [0.2, 0.25) is 0 Å². The first-order valence-corrected chi connectivity index (χ1v) is 6.97. The average Bonchev–Trinajstić information content (AvgIpc) is 2.56. The van der Waals surface area contributed by atoms with Gasteiger partial charge in [-0.25, -0.2) is 9.97 Å². The molecule has 0 spiro atoms. The molecule has 0 atom stereocenters. The number of hydrogen-bond donors (Lipinski definition) is 0. The minimum Gasteiger partial charge on any atom is -0.436 e. The average molecular weight is 296 g/mol. The van der Waals surface area contributed by atoms with Crippen molar-refractivity contribution >= 4 is 5.91 Å². The third kappa shape index (κ3) is 3.38. The van der Waals surface area contributed by atoms with Gasteiger partial charge in [-0.3, -0.25) is 4.79 Å². The number of carbonyl (C=O) groups excluding carboxylic acids is 1. The van der Waals surface area contributed by atoms with Gasteiger partial charge in [0.1, 0.15) is 11.8 Å². The Morgan fingerprint density at radius 2 is 2.00 bits per heavy atom. The van der Waals surface area contributed by atoms with Gasteiger partial charge < -0.3 is 9.64 Å². The first kappa shape index (κ1) is 15.4. The number of nitrogens with zero attached hydrogens (tertiary/aromatic N) is 4. The van der Waals surface area contributed by atoms with Crippen LogP contribution in [0.5, 0.6) is 11.6 Å². The van der Waals surface area contributed by atoms with E-state index in [0.717, 1.165) is 0 Å². The van der Waals surface area contributed by atoms with E-state index in [1.54, 1.807) is 29.2 Å². The van der Waals surface area contributed by atoms with Gasteiger partial charge in [-0.15, -0.1) is 0 Å². The van der Waals surface area contributed by atoms with Crippen LogP contribution in [-0.4, -0.2) is 33.9 Å². The molecule has 6 heteroatoms. The molecule has 22 heavy (non-hydrogen) atoms. The Bertz CT molecular complexity index is 705. The molecule has 0 bridgehead atoms. The van der Waals surface area contributed by atoms with Crippen LogP contribution in [0.3, 0.4) is 0 Å². The maximum Gasteiger partial charge on any atom is 0.256 e. The summed E-state index contributed by atoms with van der Waals surface area (Å²) in [7, 11) is 0. The van der Waals surface area contributed by atoms with Crippen LogP contribution in [-0.2, 0) is 0 Å². The standard InChI is InChI=1S/C16H16N4O2/c1-3-20(4-2)16(21)12-6-5-7-13(10-12)22-15-14(11-17)18-8-9-19-15/h5-10H,3-4H2,1-2H3. The molecule has 0 fully saturated rings. The number of benzene rings is 1. The maximum atomic E-state index is 12.3. The predicted octanol–water partition coefficient (Wildman–Crippen LogP) is 2.62. The summed E-state index contributed by atoms with van der Waals surface area (Å²) < 4.78 is 5.57. The van der Waals surface area contributed by atoms with Gasteiger partial charge in [0, 0.05) is 31.0 Å². The fraction of sp³-hybridized carbons (Fsp3) is 0.250. The van der Waals surface area contributed by atoms with Crippen molar-refractivity contribution in [2.45, 2.75) is 13.8 Å². The Balaban J connectivity index is 2.26. The molecule has 0 unspecified atom stereocenters. The summed E-state index contributed by atoms with van der Waals surface area (Å²) in [5.41, 5.74) is 0.631. The second-order valence-corrected chi connectivity index (χ2v) is 4.43. The van der Waals surface area contributed by atoms with Crippen LogP contribution in [0.4, 0.5) is 0 Å². The van der Waals surface area contributed by atoms with E-state index in [1.165, 1.54) is 12.4 Å². The van der Waals surface area contributed by atoms with E-state index >= 15 is 0 Å². The van der Waals surface area contributed by atoms with Crippen molar-refractivity contribution in [2.24, 2.45) is 0 Å². The monoisotopic (exact) mass is 296 g/mol. The number of aromatic nitrogens is 2. The highest BCUT2D eigenvalue weighted by molar-refractivity contribution is 5.94. The fourth-order valence-corrected chi connectivity index (χ4v) is 1.97. The lowest BCUT2D eigenvalue weighted by molar-refractivity contribution is 0.0772. The van der Waals surface area contributed by atoms with Gasteiger partial charge in [0.2, 0.25) is 5.69 Å². The lowest BCUT2D eigenvalue weighted by Gasteiger charge is -2.18. The van der Waals surface area contributed by atoms with Crippen LogP contribution < -0.4 is 4.74 Å². The summed E-state index contributed by atoms with van der Waals surface area (Å²) in [6.07, 6.45) is 2.87. The fourth-order valence-electron chi connectivity index (χ4n) is 1.97. The normalized spacial score (nSPS) is 9.86. The molecule has 0 aliphatic heterocycles. The minimum atomic E-state index is -0.0601. The van der Waals surface area contributed by atoms with Crippen LogP contribution in [0.1, 0.15) is 29.9 Å². The Kier molecular flexibility index (Phi) is 5.04. The molecular formula is C16H16N4O2. The number of carbonyl (C=O) groups is 1. The van der Waals surface area contributed by atoms with E-state index in [0.29, 0.717) is 24.4 Å². The van der Waals surface area contributed by atoms with Gasteiger partial charge in [0.15, 0.2) is 0 Å². The van der Waals surface area contributed by atoms with E-state index < -0.39 is 0 Å². The van der Waals surface area contributed by atoms with Crippen LogP contribution >= 0.6 is 0 Å². The van der Waals surface area contributed by atoms with Gasteiger partial charge in [0.05, 0.1) is 0 Å². The molecule has 0 radical (unpaired) electrons. The van der Waals surface area contributed by atoms with Crippen molar-refractivity contribution in [2.75, 3.05) is 13.1 Å². The predicted molar refractivity (Wildman–Crippen MR) is 80.5 cm³/mol. The Hall–Kier alpha value is -2.94. The number of hydrogen-bond acceptors (Lipinski definition) is 5. The second kappa shape index (κ2) is 7.18. The third-order valence-corrected chi connectivity index (χ3v) is 3.12. The molecule has 1 aromatic heterocycles. The lowest BCUT2D eigenvalue weighted by atomic mass is 10.2. The van der Waals surface area contributed by atoms with Gasteiger partial charge in [-0.2, -0.15) is 5.26 Å². The van der Waals surface area contributed by atoms with E-state index in [4.69, 9.17) is 10.00 Å². The molecule has 0 saturated heterocycles. The van der Waals surface area contributed by atoms with E-state index in [1.807, 2.05) is 19.9 Å². The lowest BCUT2D eigenvalue weighted by Crippen LogP contribution is -2.30. The van der Waals surface area contributed by atoms with E-state index in [2.05, 4.69) is 9.97 Å². The highest BCUT2D eigenvalue weighted by atomic mass is 16.5. The molecule has 0 aliphatic rings. The summed E-state index contributed by atoms with van der Waals surface area (Å²) in [6, 6.07) is 8.72. The molecule has 1 aromatic carbocycles. The minimum absolute atomic E-state index is 0.0601. The van der Waals surface area contributed by atoms with Gasteiger partial charge in [-0.05, 0) is 32.0 Å². The summed E-state index contributed by atoms with van der Waals surface area (Å²) in [4.78, 5) is 21.9. The summed E-state index contributed by atoms with van der Waals surface area (Å²) >= 11 is 0. The number of nitriles is 1. The number of ether oxygens (including phenoxy) is 1. The SMILES string of the molecule is CCN(CC)C(=O)c1cccc(Oc2nccnc2C#N)c1. The van der Waals surface area contributed by atoms with Gasteiger partial charge >= 0.3 is 0 Å². The zero-order chi connectivity index (χ0) is 15.9. The Morgan fingerprint density at radius 1 is 1.27 bits per heavy atom. The van der Waals surface area contributed by atoms with Crippen LogP contribution in [0.15, 0.2) is 36.7 Å². The van der Waals surface area contributed by atoms with Crippen molar-refractivity contribution in [3.05, 3.63) is 47.9 Å². The molecule has 1 heterocycles. The Morgan fingerprint density at radius 3 is 2.68 bits per heavy atom. The Labute approximate surface area is 129 Å². The third-order valence-electron chi connectivity index (χ3n) is 3.12. The van der Waals surface area contributed by atoms with Crippen molar-refractivity contribution in [3.8, 4) is 17.7 Å². The van der Waals surface area contributed by atoms with Crippen molar-refractivity contribution in [3.63, 3.8) is 0 Å². The molecule has 2 aromatic rings. The number of rotatable bonds is 5. The summed E-state index contributed by atoms with van der Waals surface area (Å²) in [5.74, 6) is 0.502. The second-order valence-electron chi connectivity index (χ2n) is 4.43. The zero-order valence-corrected chi connectivity index (χ0v) is 12.5. The zero-order valence-electron chi connectivity index (χ0n) is 12.5. The molecule has 0 saturated carbocycles. The molecule has 0 N–H and O–H groups in total. The van der Waals surface area contributed by atoms with E-state index in [-0.39, 0.29) is 17.5 Å². The smallest absolute Gasteiger partial charge is 0.256 e. The molecule has 6 nitrogen and oxygen atoms in total. The van der Waals surface area contributed by atoms with Crippen molar-refractivity contribution < 1.29 is 9.53 Å². The van der Waals surface area contributed by atoms with Crippen LogP contribution in [0, 0.1) is 11.3 Å². The van der Waals surface area contributed by atoms with Gasteiger partial charge in [-0.1, -0.05) is 6.07 Å². The van der Waals surface area contributed by atoms with Crippen LogP contribution in [0.25, 0.3) is 0 Å². The molecule has 2 rings (SSSR count). The first-order valence-electron chi connectivity index (χ1n) is 6.97. The molecule has 1 amide bonds. The van der Waals surface area contributed by atoms with E-state index in [9.17, 15) is 4.79 Å². The van der Waals surface area contributed by atoms with Crippen molar-refractivity contribution in [1.29, 1.82) is 5.26 Å². The van der Waals surface area contributed by atoms with Gasteiger partial charge in [0.25, 0.3) is 11.8 Å². The van der Waals surface area contributed by atoms with Crippen molar-refractivity contribution in [1.82, 2.24) is 14.9 Å². The molecule has 0 aliphatic carbocycles. The quantitative estimate of drug-likeness (QED) is 0.847.